The van der Waals surface area contributed by atoms with Gasteiger partial charge in [0.1, 0.15) is 0 Å². The van der Waals surface area contributed by atoms with Crippen LogP contribution in [0, 0.1) is 5.41 Å². The highest BCUT2D eigenvalue weighted by Crippen LogP contribution is 2.23. The summed E-state index contributed by atoms with van der Waals surface area (Å²) in [5.74, 6) is -0.200. The summed E-state index contributed by atoms with van der Waals surface area (Å²) in [6.07, 6.45) is 0. The topological polar surface area (TPSA) is 55.1 Å². The van der Waals surface area contributed by atoms with Crippen molar-refractivity contribution in [3.63, 3.8) is 0 Å². The zero-order chi connectivity index (χ0) is 13.9. The molecule has 0 spiro atoms. The number of nitrogens with two attached hydrogens (primary N) is 1. The Kier molecular flexibility index (Phi) is 5.13. The second-order valence-electron chi connectivity index (χ2n) is 4.56. The SMILES string of the molecule is CC(C)(CNC(=O)c1ccc(Br)c(Cl)c1)C(N)=S. The summed E-state index contributed by atoms with van der Waals surface area (Å²) < 4.78 is 0.754. The first-order valence-electron chi connectivity index (χ1n) is 5.27. The minimum absolute atomic E-state index is 0.200. The number of carbonyl (C=O) groups excluding carboxylic acids is 1. The van der Waals surface area contributed by atoms with Crippen LogP contribution in [0.5, 0.6) is 0 Å². The Morgan fingerprint density at radius 1 is 1.56 bits per heavy atom. The van der Waals surface area contributed by atoms with Crippen LogP contribution >= 0.6 is 39.7 Å². The first-order valence-corrected chi connectivity index (χ1v) is 6.85. The molecular weight excluding hydrogens is 336 g/mol. The number of rotatable bonds is 4. The van der Waals surface area contributed by atoms with E-state index < -0.39 is 5.41 Å². The largest absolute Gasteiger partial charge is 0.393 e. The van der Waals surface area contributed by atoms with Crippen LogP contribution in [0.1, 0.15) is 24.2 Å². The molecule has 0 unspecified atom stereocenters. The fourth-order valence-corrected chi connectivity index (χ4v) is 1.63. The molecule has 0 bridgehead atoms. The van der Waals surface area contributed by atoms with E-state index in [1.165, 1.54) is 0 Å². The molecule has 1 amide bonds. The van der Waals surface area contributed by atoms with Crippen LogP contribution in [0.3, 0.4) is 0 Å². The fourth-order valence-electron chi connectivity index (χ4n) is 1.13. The van der Waals surface area contributed by atoms with E-state index in [-0.39, 0.29) is 5.91 Å². The van der Waals surface area contributed by atoms with Gasteiger partial charge in [-0.15, -0.1) is 0 Å². The highest BCUT2D eigenvalue weighted by atomic mass is 79.9. The maximum absolute atomic E-state index is 11.9. The van der Waals surface area contributed by atoms with Gasteiger partial charge < -0.3 is 11.1 Å². The van der Waals surface area contributed by atoms with E-state index in [0.717, 1.165) is 4.47 Å². The Bertz CT molecular complexity index is 491. The van der Waals surface area contributed by atoms with E-state index in [4.69, 9.17) is 29.6 Å². The summed E-state index contributed by atoms with van der Waals surface area (Å²) in [6.45, 7) is 4.14. The van der Waals surface area contributed by atoms with Crippen molar-refractivity contribution in [2.24, 2.45) is 11.1 Å². The van der Waals surface area contributed by atoms with Crippen LogP contribution in [0.2, 0.25) is 5.02 Å². The standard InChI is InChI=1S/C12H14BrClN2OS/c1-12(2,11(15)18)6-16-10(17)7-3-4-8(13)9(14)5-7/h3-5H,6H2,1-2H3,(H2,15,18)(H,16,17). The van der Waals surface area contributed by atoms with Gasteiger partial charge in [-0.25, -0.2) is 0 Å². The van der Waals surface area contributed by atoms with Crippen LogP contribution in [-0.2, 0) is 0 Å². The summed E-state index contributed by atoms with van der Waals surface area (Å²) in [6, 6.07) is 5.03. The third-order valence-corrected chi connectivity index (χ3v) is 4.32. The summed E-state index contributed by atoms with van der Waals surface area (Å²) in [5.41, 5.74) is 5.68. The summed E-state index contributed by atoms with van der Waals surface area (Å²) in [7, 11) is 0. The Labute approximate surface area is 125 Å². The second kappa shape index (κ2) is 5.99. The van der Waals surface area contributed by atoms with E-state index in [9.17, 15) is 4.79 Å². The van der Waals surface area contributed by atoms with E-state index in [1.807, 2.05) is 13.8 Å². The lowest BCUT2D eigenvalue weighted by Crippen LogP contribution is -2.41. The van der Waals surface area contributed by atoms with Crippen molar-refractivity contribution in [1.29, 1.82) is 0 Å². The number of hydrogen-bond acceptors (Lipinski definition) is 2. The van der Waals surface area contributed by atoms with Crippen molar-refractivity contribution in [2.45, 2.75) is 13.8 Å². The number of thiocarbonyl (C=S) groups is 1. The van der Waals surface area contributed by atoms with Crippen LogP contribution in [-0.4, -0.2) is 17.4 Å². The van der Waals surface area contributed by atoms with E-state index in [2.05, 4.69) is 21.2 Å². The predicted molar refractivity (Wildman–Crippen MR) is 82.1 cm³/mol. The van der Waals surface area contributed by atoms with Crippen molar-refractivity contribution in [2.75, 3.05) is 6.54 Å². The zero-order valence-electron chi connectivity index (χ0n) is 10.1. The number of amides is 1. The molecule has 6 heteroatoms. The normalized spacial score (nSPS) is 11.1. The highest BCUT2D eigenvalue weighted by Gasteiger charge is 2.22. The van der Waals surface area contributed by atoms with Gasteiger partial charge >= 0.3 is 0 Å². The Balaban J connectivity index is 2.72. The Morgan fingerprint density at radius 2 is 2.17 bits per heavy atom. The average Bonchev–Trinajstić information content (AvgIpc) is 2.29. The molecule has 0 heterocycles. The van der Waals surface area contributed by atoms with Crippen molar-refractivity contribution in [3.8, 4) is 0 Å². The molecule has 0 atom stereocenters. The maximum Gasteiger partial charge on any atom is 0.251 e. The van der Waals surface area contributed by atoms with E-state index in [0.29, 0.717) is 22.1 Å². The van der Waals surface area contributed by atoms with Gasteiger partial charge in [0.25, 0.3) is 5.91 Å². The molecule has 0 fully saturated rings. The van der Waals surface area contributed by atoms with Gasteiger partial charge in [-0.1, -0.05) is 37.7 Å². The summed E-state index contributed by atoms with van der Waals surface area (Å²) in [4.78, 5) is 12.3. The molecule has 0 aliphatic heterocycles. The second-order valence-corrected chi connectivity index (χ2v) is 6.26. The van der Waals surface area contributed by atoms with Gasteiger partial charge in [0.15, 0.2) is 0 Å². The number of hydrogen-bond donors (Lipinski definition) is 2. The lowest BCUT2D eigenvalue weighted by molar-refractivity contribution is 0.0945. The van der Waals surface area contributed by atoms with Gasteiger partial charge in [-0.05, 0) is 34.1 Å². The van der Waals surface area contributed by atoms with Gasteiger partial charge in [0.2, 0.25) is 0 Å². The Hall–Kier alpha value is -0.650. The molecule has 0 aliphatic carbocycles. The Morgan fingerprint density at radius 3 is 2.67 bits per heavy atom. The molecule has 1 rings (SSSR count). The molecule has 18 heavy (non-hydrogen) atoms. The van der Waals surface area contributed by atoms with Crippen LogP contribution < -0.4 is 11.1 Å². The number of benzene rings is 1. The molecular formula is C12H14BrClN2OS. The minimum atomic E-state index is -0.413. The molecule has 1 aromatic carbocycles. The summed E-state index contributed by atoms with van der Waals surface area (Å²) in [5, 5.41) is 3.28. The van der Waals surface area contributed by atoms with Gasteiger partial charge in [-0.3, -0.25) is 4.79 Å². The van der Waals surface area contributed by atoms with E-state index in [1.54, 1.807) is 18.2 Å². The lowest BCUT2D eigenvalue weighted by Gasteiger charge is -2.23. The number of nitrogens with one attached hydrogen (secondary N) is 1. The van der Waals surface area contributed by atoms with Crippen LogP contribution in [0.4, 0.5) is 0 Å². The maximum atomic E-state index is 11.9. The van der Waals surface area contributed by atoms with Gasteiger partial charge in [-0.2, -0.15) is 0 Å². The molecule has 3 N–H and O–H groups in total. The van der Waals surface area contributed by atoms with Crippen molar-refractivity contribution >= 4 is 50.6 Å². The zero-order valence-corrected chi connectivity index (χ0v) is 13.2. The van der Waals surface area contributed by atoms with Gasteiger partial charge in [0.05, 0.1) is 10.0 Å². The molecule has 98 valence electrons. The first-order chi connectivity index (χ1) is 8.24. The summed E-state index contributed by atoms with van der Waals surface area (Å²) >= 11 is 14.1. The molecule has 1 aromatic rings. The van der Waals surface area contributed by atoms with Crippen LogP contribution in [0.25, 0.3) is 0 Å². The van der Waals surface area contributed by atoms with Crippen molar-refractivity contribution in [3.05, 3.63) is 33.3 Å². The molecule has 3 nitrogen and oxygen atoms in total. The molecule has 0 aromatic heterocycles. The molecule has 0 aliphatic rings. The van der Waals surface area contributed by atoms with Crippen molar-refractivity contribution in [1.82, 2.24) is 5.32 Å². The number of halogens is 2. The lowest BCUT2D eigenvalue weighted by atomic mass is 9.93. The molecule has 0 saturated carbocycles. The van der Waals surface area contributed by atoms with Crippen molar-refractivity contribution < 1.29 is 4.79 Å². The average molecular weight is 350 g/mol. The smallest absolute Gasteiger partial charge is 0.251 e. The van der Waals surface area contributed by atoms with Crippen LogP contribution in [0.15, 0.2) is 22.7 Å². The molecule has 0 saturated heterocycles. The fraction of sp³-hybridized carbons (Fsp3) is 0.333. The first kappa shape index (κ1) is 15.4. The predicted octanol–water partition coefficient (Wildman–Crippen LogP) is 3.14. The third-order valence-electron chi connectivity index (χ3n) is 2.54. The highest BCUT2D eigenvalue weighted by molar-refractivity contribution is 9.10. The monoisotopic (exact) mass is 348 g/mol. The quantitative estimate of drug-likeness (QED) is 0.821. The number of carbonyl (C=O) groups is 1. The molecule has 0 radical (unpaired) electrons. The minimum Gasteiger partial charge on any atom is -0.393 e. The van der Waals surface area contributed by atoms with E-state index >= 15 is 0 Å². The van der Waals surface area contributed by atoms with Gasteiger partial charge in [0, 0.05) is 22.0 Å². The third kappa shape index (κ3) is 3.93.